The van der Waals surface area contributed by atoms with Crippen LogP contribution in [0.1, 0.15) is 11.1 Å². The number of hydrogen-bond acceptors (Lipinski definition) is 3. The van der Waals surface area contributed by atoms with Crippen molar-refractivity contribution in [3.63, 3.8) is 0 Å². The number of benzene rings is 2. The number of rotatable bonds is 4. The van der Waals surface area contributed by atoms with Crippen LogP contribution in [0.25, 0.3) is 0 Å². The van der Waals surface area contributed by atoms with Gasteiger partial charge in [0.2, 0.25) is 5.91 Å². The van der Waals surface area contributed by atoms with Crippen LogP contribution in [0.4, 0.5) is 5.69 Å². The number of carbonyl (C=O) groups excluding carboxylic acids is 1. The molecular formula is C19H23N3O. The molecule has 23 heavy (non-hydrogen) atoms. The zero-order valence-electron chi connectivity index (χ0n) is 13.5. The van der Waals surface area contributed by atoms with Crippen LogP contribution in [0.15, 0.2) is 54.6 Å². The first-order chi connectivity index (χ1) is 11.2. The summed E-state index contributed by atoms with van der Waals surface area (Å²) in [4.78, 5) is 14.7. The van der Waals surface area contributed by atoms with E-state index in [2.05, 4.69) is 40.7 Å². The highest BCUT2D eigenvalue weighted by Crippen LogP contribution is 2.20. The molecule has 1 saturated heterocycles. The Morgan fingerprint density at radius 1 is 1.17 bits per heavy atom. The molecule has 0 radical (unpaired) electrons. The first-order valence-corrected chi connectivity index (χ1v) is 8.09. The normalized spacial score (nSPS) is 17.8. The molecule has 1 aliphatic heterocycles. The van der Waals surface area contributed by atoms with Crippen LogP contribution in [0.2, 0.25) is 0 Å². The van der Waals surface area contributed by atoms with Crippen LogP contribution in [-0.4, -0.2) is 31.6 Å². The van der Waals surface area contributed by atoms with E-state index in [0.29, 0.717) is 13.1 Å². The van der Waals surface area contributed by atoms with Crippen LogP contribution < -0.4 is 15.5 Å². The fraction of sp³-hybridized carbons (Fsp3) is 0.316. The van der Waals surface area contributed by atoms with Gasteiger partial charge in [-0.05, 0) is 24.1 Å². The predicted molar refractivity (Wildman–Crippen MR) is 93.5 cm³/mol. The van der Waals surface area contributed by atoms with Gasteiger partial charge < -0.3 is 15.5 Å². The summed E-state index contributed by atoms with van der Waals surface area (Å²) in [7, 11) is 0. The zero-order chi connectivity index (χ0) is 16.1. The summed E-state index contributed by atoms with van der Waals surface area (Å²) in [6.45, 7) is 5.13. The first kappa shape index (κ1) is 15.6. The van der Waals surface area contributed by atoms with Crippen molar-refractivity contribution in [2.45, 2.75) is 19.5 Å². The second-order valence-electron chi connectivity index (χ2n) is 5.94. The SMILES string of the molecule is Cc1ccccc1N1CCNC(C(=O)NCc2ccccc2)C1. The van der Waals surface area contributed by atoms with Crippen molar-refractivity contribution in [3.05, 3.63) is 65.7 Å². The quantitative estimate of drug-likeness (QED) is 0.909. The van der Waals surface area contributed by atoms with Gasteiger partial charge in [0.15, 0.2) is 0 Å². The third kappa shape index (κ3) is 3.90. The Kier molecular flexibility index (Phi) is 4.93. The number of anilines is 1. The molecular weight excluding hydrogens is 286 g/mol. The average Bonchev–Trinajstić information content (AvgIpc) is 2.61. The molecule has 120 valence electrons. The van der Waals surface area contributed by atoms with Gasteiger partial charge in [-0.25, -0.2) is 0 Å². The van der Waals surface area contributed by atoms with E-state index >= 15 is 0 Å². The van der Waals surface area contributed by atoms with Gasteiger partial charge in [0.1, 0.15) is 6.04 Å². The number of hydrogen-bond donors (Lipinski definition) is 2. The van der Waals surface area contributed by atoms with Crippen LogP contribution in [-0.2, 0) is 11.3 Å². The van der Waals surface area contributed by atoms with Crippen molar-refractivity contribution < 1.29 is 4.79 Å². The molecule has 1 atom stereocenters. The van der Waals surface area contributed by atoms with E-state index in [4.69, 9.17) is 0 Å². The summed E-state index contributed by atoms with van der Waals surface area (Å²) in [6, 6.07) is 18.2. The highest BCUT2D eigenvalue weighted by atomic mass is 16.2. The average molecular weight is 309 g/mol. The van der Waals surface area contributed by atoms with E-state index in [9.17, 15) is 4.79 Å². The first-order valence-electron chi connectivity index (χ1n) is 8.09. The lowest BCUT2D eigenvalue weighted by atomic mass is 10.1. The van der Waals surface area contributed by atoms with Crippen molar-refractivity contribution >= 4 is 11.6 Å². The van der Waals surface area contributed by atoms with Crippen molar-refractivity contribution in [2.24, 2.45) is 0 Å². The van der Waals surface area contributed by atoms with Crippen molar-refractivity contribution in [2.75, 3.05) is 24.5 Å². The molecule has 1 aliphatic rings. The Balaban J connectivity index is 1.60. The van der Waals surface area contributed by atoms with Gasteiger partial charge >= 0.3 is 0 Å². The maximum Gasteiger partial charge on any atom is 0.239 e. The lowest BCUT2D eigenvalue weighted by molar-refractivity contribution is -0.123. The van der Waals surface area contributed by atoms with E-state index in [1.807, 2.05) is 36.4 Å². The molecule has 0 aliphatic carbocycles. The van der Waals surface area contributed by atoms with Crippen LogP contribution >= 0.6 is 0 Å². The van der Waals surface area contributed by atoms with Gasteiger partial charge in [-0.3, -0.25) is 4.79 Å². The van der Waals surface area contributed by atoms with Crippen LogP contribution in [0.5, 0.6) is 0 Å². The number of carbonyl (C=O) groups is 1. The smallest absolute Gasteiger partial charge is 0.239 e. The maximum absolute atomic E-state index is 12.4. The summed E-state index contributed by atoms with van der Waals surface area (Å²) >= 11 is 0. The molecule has 0 saturated carbocycles. The number of nitrogens with one attached hydrogen (secondary N) is 2. The Morgan fingerprint density at radius 2 is 1.91 bits per heavy atom. The molecule has 2 N–H and O–H groups in total. The molecule has 1 fully saturated rings. The third-order valence-corrected chi connectivity index (χ3v) is 4.26. The summed E-state index contributed by atoms with van der Waals surface area (Å²) < 4.78 is 0. The minimum absolute atomic E-state index is 0.0622. The number of aryl methyl sites for hydroxylation is 1. The van der Waals surface area contributed by atoms with Gasteiger partial charge in [0.05, 0.1) is 0 Å². The van der Waals surface area contributed by atoms with E-state index in [1.165, 1.54) is 11.3 Å². The second kappa shape index (κ2) is 7.29. The summed E-state index contributed by atoms with van der Waals surface area (Å²) in [5, 5.41) is 6.35. The topological polar surface area (TPSA) is 44.4 Å². The molecule has 1 amide bonds. The van der Waals surface area contributed by atoms with Gasteiger partial charge in [0, 0.05) is 31.9 Å². The number of nitrogens with zero attached hydrogens (tertiary/aromatic N) is 1. The molecule has 2 aromatic rings. The maximum atomic E-state index is 12.4. The molecule has 3 rings (SSSR count). The molecule has 1 heterocycles. The lowest BCUT2D eigenvalue weighted by Crippen LogP contribution is -2.57. The number of amides is 1. The standard InChI is InChI=1S/C19H23N3O/c1-15-7-5-6-10-18(15)22-12-11-20-17(14-22)19(23)21-13-16-8-3-2-4-9-16/h2-10,17,20H,11-14H2,1H3,(H,21,23). The number of para-hydroxylation sites is 1. The lowest BCUT2D eigenvalue weighted by Gasteiger charge is -2.35. The molecule has 0 spiro atoms. The Labute approximate surface area is 137 Å². The van der Waals surface area contributed by atoms with Gasteiger partial charge in [-0.15, -0.1) is 0 Å². The number of piperazine rings is 1. The summed E-state index contributed by atoms with van der Waals surface area (Å²) in [5.41, 5.74) is 3.58. The Morgan fingerprint density at radius 3 is 2.70 bits per heavy atom. The molecule has 0 bridgehead atoms. The van der Waals surface area contributed by atoms with Crippen molar-refractivity contribution in [1.29, 1.82) is 0 Å². The van der Waals surface area contributed by atoms with Gasteiger partial charge in [-0.2, -0.15) is 0 Å². The second-order valence-corrected chi connectivity index (χ2v) is 5.94. The monoisotopic (exact) mass is 309 g/mol. The Bertz CT molecular complexity index is 657. The predicted octanol–water partition coefficient (Wildman–Crippen LogP) is 2.09. The van der Waals surface area contributed by atoms with E-state index in [1.54, 1.807) is 0 Å². The fourth-order valence-corrected chi connectivity index (χ4v) is 2.97. The molecule has 2 aromatic carbocycles. The largest absolute Gasteiger partial charge is 0.368 e. The molecule has 1 unspecified atom stereocenters. The minimum atomic E-state index is -0.174. The minimum Gasteiger partial charge on any atom is -0.368 e. The Hall–Kier alpha value is -2.33. The molecule has 0 aromatic heterocycles. The van der Waals surface area contributed by atoms with Crippen molar-refractivity contribution in [3.8, 4) is 0 Å². The van der Waals surface area contributed by atoms with Crippen LogP contribution in [0, 0.1) is 6.92 Å². The van der Waals surface area contributed by atoms with Gasteiger partial charge in [-0.1, -0.05) is 48.5 Å². The fourth-order valence-electron chi connectivity index (χ4n) is 2.97. The third-order valence-electron chi connectivity index (χ3n) is 4.26. The zero-order valence-corrected chi connectivity index (χ0v) is 13.5. The highest BCUT2D eigenvalue weighted by Gasteiger charge is 2.25. The van der Waals surface area contributed by atoms with E-state index < -0.39 is 0 Å². The summed E-state index contributed by atoms with van der Waals surface area (Å²) in [6.07, 6.45) is 0. The molecule has 4 nitrogen and oxygen atoms in total. The van der Waals surface area contributed by atoms with Crippen molar-refractivity contribution in [1.82, 2.24) is 10.6 Å². The van der Waals surface area contributed by atoms with Gasteiger partial charge in [0.25, 0.3) is 0 Å². The van der Waals surface area contributed by atoms with E-state index in [0.717, 1.165) is 18.7 Å². The molecule has 4 heteroatoms. The highest BCUT2D eigenvalue weighted by molar-refractivity contribution is 5.82. The van der Waals surface area contributed by atoms with Crippen LogP contribution in [0.3, 0.4) is 0 Å². The summed E-state index contributed by atoms with van der Waals surface area (Å²) in [5.74, 6) is 0.0622. The van der Waals surface area contributed by atoms with E-state index in [-0.39, 0.29) is 11.9 Å².